The van der Waals surface area contributed by atoms with Gasteiger partial charge >= 0.3 is 0 Å². The molecule has 3 heteroatoms. The number of primary amides is 1. The largest absolute Gasteiger partial charge is 0.461 e. The molecular weight excluding hydrogens is 214 g/mol. The fourth-order valence-electron chi connectivity index (χ4n) is 1.53. The third kappa shape index (κ3) is 2.84. The Morgan fingerprint density at radius 1 is 1.18 bits per heavy atom. The Hall–Kier alpha value is -2.29. The van der Waals surface area contributed by atoms with Gasteiger partial charge in [0.1, 0.15) is 11.5 Å². The van der Waals surface area contributed by atoms with E-state index in [0.717, 1.165) is 22.6 Å². The normalized spacial score (nSPS) is 10.9. The van der Waals surface area contributed by atoms with Crippen molar-refractivity contribution in [3.63, 3.8) is 0 Å². The molecule has 1 aromatic heterocycles. The van der Waals surface area contributed by atoms with Crippen molar-refractivity contribution in [3.05, 3.63) is 53.8 Å². The van der Waals surface area contributed by atoms with E-state index in [1.54, 1.807) is 6.08 Å². The maximum absolute atomic E-state index is 10.6. The minimum Gasteiger partial charge on any atom is -0.461 e. The van der Waals surface area contributed by atoms with Crippen LogP contribution in [0.4, 0.5) is 0 Å². The fraction of sp³-hybridized carbons (Fsp3) is 0.0714. The van der Waals surface area contributed by atoms with Crippen LogP contribution >= 0.6 is 0 Å². The summed E-state index contributed by atoms with van der Waals surface area (Å²) in [5, 5.41) is 0. The maximum Gasteiger partial charge on any atom is 0.241 e. The van der Waals surface area contributed by atoms with Crippen LogP contribution in [-0.4, -0.2) is 5.91 Å². The smallest absolute Gasteiger partial charge is 0.241 e. The van der Waals surface area contributed by atoms with Gasteiger partial charge in [0.2, 0.25) is 5.91 Å². The van der Waals surface area contributed by atoms with Gasteiger partial charge in [-0.3, -0.25) is 4.79 Å². The highest BCUT2D eigenvalue weighted by atomic mass is 16.3. The van der Waals surface area contributed by atoms with Crippen LogP contribution in [0.1, 0.15) is 11.3 Å². The van der Waals surface area contributed by atoms with E-state index in [2.05, 4.69) is 0 Å². The van der Waals surface area contributed by atoms with E-state index < -0.39 is 5.91 Å². The molecule has 0 radical (unpaired) electrons. The minimum absolute atomic E-state index is 0.448. The Labute approximate surface area is 99.6 Å². The number of nitrogens with two attached hydrogens (primary N) is 1. The first-order chi connectivity index (χ1) is 8.15. The summed E-state index contributed by atoms with van der Waals surface area (Å²) >= 11 is 0. The van der Waals surface area contributed by atoms with E-state index in [4.69, 9.17) is 10.2 Å². The van der Waals surface area contributed by atoms with E-state index in [1.807, 2.05) is 43.3 Å². The zero-order chi connectivity index (χ0) is 12.3. The van der Waals surface area contributed by atoms with Gasteiger partial charge in [0.15, 0.2) is 0 Å². The molecule has 2 aromatic rings. The third-order valence-corrected chi connectivity index (χ3v) is 2.38. The van der Waals surface area contributed by atoms with Crippen molar-refractivity contribution in [3.8, 4) is 11.3 Å². The lowest BCUT2D eigenvalue weighted by Gasteiger charge is -1.98. The van der Waals surface area contributed by atoms with Crippen molar-refractivity contribution in [2.45, 2.75) is 6.92 Å². The summed E-state index contributed by atoms with van der Waals surface area (Å²) in [6.45, 7) is 1.91. The number of hydrogen-bond donors (Lipinski definition) is 1. The average Bonchev–Trinajstić information content (AvgIpc) is 2.74. The van der Waals surface area contributed by atoms with Crippen LogP contribution in [0.3, 0.4) is 0 Å². The number of rotatable bonds is 3. The molecule has 2 rings (SSSR count). The molecule has 2 N–H and O–H groups in total. The average molecular weight is 227 g/mol. The van der Waals surface area contributed by atoms with Gasteiger partial charge in [0.25, 0.3) is 0 Å². The predicted octanol–water partition coefficient (Wildman–Crippen LogP) is 2.75. The molecule has 86 valence electrons. The molecule has 0 saturated heterocycles. The van der Waals surface area contributed by atoms with Gasteiger partial charge in [-0.15, -0.1) is 0 Å². The molecule has 0 aliphatic carbocycles. The Balaban J connectivity index is 2.21. The number of benzene rings is 1. The Kier molecular flexibility index (Phi) is 3.10. The molecule has 0 atom stereocenters. The zero-order valence-electron chi connectivity index (χ0n) is 9.51. The summed E-state index contributed by atoms with van der Waals surface area (Å²) in [5.41, 5.74) is 6.96. The van der Waals surface area contributed by atoms with E-state index in [-0.39, 0.29) is 0 Å². The Morgan fingerprint density at radius 3 is 2.41 bits per heavy atom. The van der Waals surface area contributed by atoms with Gasteiger partial charge in [-0.05, 0) is 30.7 Å². The first kappa shape index (κ1) is 11.2. The Morgan fingerprint density at radius 2 is 1.88 bits per heavy atom. The maximum atomic E-state index is 10.6. The van der Waals surface area contributed by atoms with Crippen LogP contribution in [0.5, 0.6) is 0 Å². The van der Waals surface area contributed by atoms with Crippen molar-refractivity contribution in [2.75, 3.05) is 0 Å². The molecule has 17 heavy (non-hydrogen) atoms. The van der Waals surface area contributed by atoms with E-state index in [9.17, 15) is 4.79 Å². The lowest BCUT2D eigenvalue weighted by molar-refractivity contribution is -0.113. The molecule has 0 fully saturated rings. The van der Waals surface area contributed by atoms with Crippen LogP contribution in [0.2, 0.25) is 0 Å². The highest BCUT2D eigenvalue weighted by Crippen LogP contribution is 2.22. The highest BCUT2D eigenvalue weighted by Gasteiger charge is 2.01. The summed E-state index contributed by atoms with van der Waals surface area (Å²) in [7, 11) is 0. The number of hydrogen-bond acceptors (Lipinski definition) is 2. The molecule has 0 spiro atoms. The lowest BCUT2D eigenvalue weighted by Crippen LogP contribution is -2.04. The second-order valence-electron chi connectivity index (χ2n) is 3.77. The molecule has 1 amide bonds. The number of amides is 1. The first-order valence-corrected chi connectivity index (χ1v) is 5.29. The highest BCUT2D eigenvalue weighted by molar-refractivity contribution is 5.90. The van der Waals surface area contributed by atoms with Crippen molar-refractivity contribution in [1.29, 1.82) is 0 Å². The van der Waals surface area contributed by atoms with Crippen LogP contribution in [0.25, 0.3) is 17.4 Å². The van der Waals surface area contributed by atoms with Crippen LogP contribution in [0, 0.1) is 6.92 Å². The quantitative estimate of drug-likeness (QED) is 0.819. The molecule has 0 unspecified atom stereocenters. The SMILES string of the molecule is Cc1ccc(-c2ccc(/C=C\C(N)=O)cc2)o1. The molecule has 3 nitrogen and oxygen atoms in total. The minimum atomic E-state index is -0.448. The Bertz CT molecular complexity index is 550. The second-order valence-corrected chi connectivity index (χ2v) is 3.77. The van der Waals surface area contributed by atoms with Crippen LogP contribution in [-0.2, 0) is 4.79 Å². The van der Waals surface area contributed by atoms with Gasteiger partial charge < -0.3 is 10.2 Å². The van der Waals surface area contributed by atoms with E-state index in [0.29, 0.717) is 0 Å². The van der Waals surface area contributed by atoms with Crippen molar-refractivity contribution in [1.82, 2.24) is 0 Å². The summed E-state index contributed by atoms with van der Waals surface area (Å²) in [6.07, 6.45) is 3.02. The fourth-order valence-corrected chi connectivity index (χ4v) is 1.53. The molecular formula is C14H13NO2. The second kappa shape index (κ2) is 4.70. The molecule has 0 bridgehead atoms. The summed E-state index contributed by atoms with van der Waals surface area (Å²) < 4.78 is 5.52. The first-order valence-electron chi connectivity index (χ1n) is 5.29. The van der Waals surface area contributed by atoms with Gasteiger partial charge in [0.05, 0.1) is 0 Å². The number of furan rings is 1. The number of carbonyl (C=O) groups excluding carboxylic acids is 1. The molecule has 0 aliphatic heterocycles. The lowest BCUT2D eigenvalue weighted by atomic mass is 10.1. The summed E-state index contributed by atoms with van der Waals surface area (Å²) in [4.78, 5) is 10.6. The van der Waals surface area contributed by atoms with Gasteiger partial charge in [-0.25, -0.2) is 0 Å². The zero-order valence-corrected chi connectivity index (χ0v) is 9.51. The van der Waals surface area contributed by atoms with Gasteiger partial charge in [-0.1, -0.05) is 24.3 Å². The van der Waals surface area contributed by atoms with Gasteiger partial charge in [0, 0.05) is 11.6 Å². The van der Waals surface area contributed by atoms with Crippen molar-refractivity contribution < 1.29 is 9.21 Å². The molecule has 0 aliphatic rings. The topological polar surface area (TPSA) is 56.2 Å². The third-order valence-electron chi connectivity index (χ3n) is 2.38. The summed E-state index contributed by atoms with van der Waals surface area (Å²) in [5.74, 6) is 1.28. The van der Waals surface area contributed by atoms with Crippen LogP contribution in [0.15, 0.2) is 46.9 Å². The molecule has 1 aromatic carbocycles. The van der Waals surface area contributed by atoms with Crippen LogP contribution < -0.4 is 5.73 Å². The predicted molar refractivity (Wildman–Crippen MR) is 67.1 cm³/mol. The van der Waals surface area contributed by atoms with Crippen molar-refractivity contribution >= 4 is 12.0 Å². The molecule has 1 heterocycles. The van der Waals surface area contributed by atoms with Gasteiger partial charge in [-0.2, -0.15) is 0 Å². The summed E-state index contributed by atoms with van der Waals surface area (Å²) in [6, 6.07) is 11.6. The number of carbonyl (C=O) groups is 1. The van der Waals surface area contributed by atoms with E-state index in [1.165, 1.54) is 6.08 Å². The van der Waals surface area contributed by atoms with E-state index >= 15 is 0 Å². The standard InChI is InChI=1S/C14H13NO2/c1-10-2-8-13(17-10)12-6-3-11(4-7-12)5-9-14(15)16/h2-9H,1H3,(H2,15,16)/b9-5-. The molecule has 0 saturated carbocycles. The monoisotopic (exact) mass is 227 g/mol. The number of aryl methyl sites for hydroxylation is 1. The van der Waals surface area contributed by atoms with Crippen molar-refractivity contribution in [2.24, 2.45) is 5.73 Å².